The molecule has 0 aliphatic rings. The van der Waals surface area contributed by atoms with Crippen molar-refractivity contribution in [1.82, 2.24) is 9.78 Å². The van der Waals surface area contributed by atoms with Gasteiger partial charge in [-0.05, 0) is 17.9 Å². The van der Waals surface area contributed by atoms with Crippen molar-refractivity contribution in [3.05, 3.63) is 48.3 Å². The van der Waals surface area contributed by atoms with E-state index in [1.807, 2.05) is 44.2 Å². The van der Waals surface area contributed by atoms with E-state index in [2.05, 4.69) is 9.82 Å². The van der Waals surface area contributed by atoms with Crippen molar-refractivity contribution < 1.29 is 8.42 Å². The molecule has 1 aromatic carbocycles. The second-order valence-electron chi connectivity index (χ2n) is 5.19. The number of benzene rings is 1. The smallest absolute Gasteiger partial charge is 0.233 e. The SMILES string of the molecule is CCCn1cc(NS(=O)(=O)C[C@@H](C)c2ccccc2)cn1. The molecule has 2 rings (SSSR count). The van der Waals surface area contributed by atoms with Crippen LogP contribution in [0, 0.1) is 0 Å². The Morgan fingerprint density at radius 2 is 2.00 bits per heavy atom. The summed E-state index contributed by atoms with van der Waals surface area (Å²) in [6, 6.07) is 9.64. The molecule has 0 radical (unpaired) electrons. The van der Waals surface area contributed by atoms with Crippen molar-refractivity contribution in [1.29, 1.82) is 0 Å². The largest absolute Gasteiger partial charge is 0.280 e. The molecule has 6 heteroatoms. The van der Waals surface area contributed by atoms with Gasteiger partial charge in [0, 0.05) is 12.7 Å². The zero-order chi connectivity index (χ0) is 15.3. The highest BCUT2D eigenvalue weighted by molar-refractivity contribution is 7.92. The fourth-order valence-electron chi connectivity index (χ4n) is 2.20. The lowest BCUT2D eigenvalue weighted by Gasteiger charge is -2.13. The second kappa shape index (κ2) is 6.76. The third-order valence-corrected chi connectivity index (χ3v) is 4.68. The van der Waals surface area contributed by atoms with Crippen LogP contribution in [0.5, 0.6) is 0 Å². The first-order chi connectivity index (χ1) is 10.00. The first kappa shape index (κ1) is 15.6. The average molecular weight is 307 g/mol. The van der Waals surface area contributed by atoms with Crippen LogP contribution >= 0.6 is 0 Å². The number of hydrogen-bond acceptors (Lipinski definition) is 3. The van der Waals surface area contributed by atoms with Gasteiger partial charge in [0.1, 0.15) is 0 Å². The number of aromatic nitrogens is 2. The van der Waals surface area contributed by atoms with E-state index in [9.17, 15) is 8.42 Å². The second-order valence-corrected chi connectivity index (χ2v) is 6.95. The van der Waals surface area contributed by atoms with Crippen LogP contribution in [0.3, 0.4) is 0 Å². The topological polar surface area (TPSA) is 64.0 Å². The highest BCUT2D eigenvalue weighted by Crippen LogP contribution is 2.18. The molecule has 0 bridgehead atoms. The zero-order valence-corrected chi connectivity index (χ0v) is 13.2. The normalized spacial score (nSPS) is 13.0. The number of sulfonamides is 1. The fourth-order valence-corrected chi connectivity index (χ4v) is 3.59. The minimum Gasteiger partial charge on any atom is -0.280 e. The first-order valence-corrected chi connectivity index (χ1v) is 8.73. The maximum absolute atomic E-state index is 12.2. The summed E-state index contributed by atoms with van der Waals surface area (Å²) in [6.07, 6.45) is 4.22. The van der Waals surface area contributed by atoms with E-state index in [0.717, 1.165) is 18.5 Å². The quantitative estimate of drug-likeness (QED) is 0.855. The number of nitrogens with one attached hydrogen (secondary N) is 1. The Balaban J connectivity index is 2.01. The summed E-state index contributed by atoms with van der Waals surface area (Å²) in [7, 11) is -3.39. The van der Waals surface area contributed by atoms with Crippen LogP contribution in [0.25, 0.3) is 0 Å². The molecule has 0 amide bonds. The van der Waals surface area contributed by atoms with Crippen molar-refractivity contribution in [2.75, 3.05) is 10.5 Å². The van der Waals surface area contributed by atoms with Gasteiger partial charge in [0.2, 0.25) is 10.0 Å². The van der Waals surface area contributed by atoms with Crippen LogP contribution in [0.15, 0.2) is 42.7 Å². The molecule has 0 fully saturated rings. The summed E-state index contributed by atoms with van der Waals surface area (Å²) >= 11 is 0. The monoisotopic (exact) mass is 307 g/mol. The molecule has 1 N–H and O–H groups in total. The van der Waals surface area contributed by atoms with Gasteiger partial charge >= 0.3 is 0 Å². The Hall–Kier alpha value is -1.82. The average Bonchev–Trinajstić information content (AvgIpc) is 2.86. The minimum atomic E-state index is -3.39. The van der Waals surface area contributed by atoms with Gasteiger partial charge in [-0.2, -0.15) is 5.10 Å². The van der Waals surface area contributed by atoms with Crippen LogP contribution < -0.4 is 4.72 Å². The molecule has 0 saturated carbocycles. The molecule has 21 heavy (non-hydrogen) atoms. The third-order valence-electron chi connectivity index (χ3n) is 3.20. The van der Waals surface area contributed by atoms with Gasteiger partial charge in [-0.3, -0.25) is 9.40 Å². The van der Waals surface area contributed by atoms with Crippen LogP contribution in [0.4, 0.5) is 5.69 Å². The summed E-state index contributed by atoms with van der Waals surface area (Å²) in [5.41, 5.74) is 1.54. The Labute approximate surface area is 126 Å². The molecule has 2 aromatic rings. The summed E-state index contributed by atoms with van der Waals surface area (Å²) in [4.78, 5) is 0. The molecule has 0 aliphatic heterocycles. The molecule has 114 valence electrons. The van der Waals surface area contributed by atoms with Gasteiger partial charge in [0.05, 0.1) is 17.6 Å². The predicted octanol–water partition coefficient (Wildman–Crippen LogP) is 2.84. The Kier molecular flexibility index (Phi) is 5.01. The molecule has 0 unspecified atom stereocenters. The Bertz CT molecular complexity index is 665. The van der Waals surface area contributed by atoms with Crippen LogP contribution in [-0.2, 0) is 16.6 Å². The lowest BCUT2D eigenvalue weighted by Crippen LogP contribution is -2.20. The van der Waals surface area contributed by atoms with Crippen molar-refractivity contribution in [3.8, 4) is 0 Å². The summed E-state index contributed by atoms with van der Waals surface area (Å²) in [5, 5.41) is 4.12. The highest BCUT2D eigenvalue weighted by Gasteiger charge is 2.17. The minimum absolute atomic E-state index is 0.0516. The van der Waals surface area contributed by atoms with Crippen molar-refractivity contribution in [3.63, 3.8) is 0 Å². The lowest BCUT2D eigenvalue weighted by molar-refractivity contribution is 0.595. The summed E-state index contributed by atoms with van der Waals surface area (Å²) in [6.45, 7) is 4.74. The Morgan fingerprint density at radius 1 is 1.29 bits per heavy atom. The van der Waals surface area contributed by atoms with E-state index in [4.69, 9.17) is 0 Å². The maximum Gasteiger partial charge on any atom is 0.233 e. The number of aryl methyl sites for hydroxylation is 1. The number of hydrogen-bond donors (Lipinski definition) is 1. The molecule has 0 spiro atoms. The fraction of sp³-hybridized carbons (Fsp3) is 0.400. The first-order valence-electron chi connectivity index (χ1n) is 7.08. The number of rotatable bonds is 7. The number of nitrogens with zero attached hydrogens (tertiary/aromatic N) is 2. The number of anilines is 1. The van der Waals surface area contributed by atoms with E-state index in [-0.39, 0.29) is 11.7 Å². The zero-order valence-electron chi connectivity index (χ0n) is 12.4. The van der Waals surface area contributed by atoms with Gasteiger partial charge in [-0.25, -0.2) is 8.42 Å². The molecule has 1 atom stereocenters. The predicted molar refractivity (Wildman–Crippen MR) is 84.8 cm³/mol. The Morgan fingerprint density at radius 3 is 2.67 bits per heavy atom. The summed E-state index contributed by atoms with van der Waals surface area (Å²) < 4.78 is 28.7. The van der Waals surface area contributed by atoms with E-state index < -0.39 is 10.0 Å². The van der Waals surface area contributed by atoms with Gasteiger partial charge in [0.15, 0.2) is 0 Å². The standard InChI is InChI=1S/C15H21N3O2S/c1-3-9-18-11-15(10-16-18)17-21(19,20)12-13(2)14-7-5-4-6-8-14/h4-8,10-11,13,17H,3,9,12H2,1-2H3/t13-/m1/s1. The van der Waals surface area contributed by atoms with E-state index >= 15 is 0 Å². The van der Waals surface area contributed by atoms with Gasteiger partial charge in [0.25, 0.3) is 0 Å². The van der Waals surface area contributed by atoms with Gasteiger partial charge in [-0.1, -0.05) is 44.2 Å². The van der Waals surface area contributed by atoms with E-state index in [0.29, 0.717) is 5.69 Å². The van der Waals surface area contributed by atoms with E-state index in [1.54, 1.807) is 17.1 Å². The highest BCUT2D eigenvalue weighted by atomic mass is 32.2. The molecule has 0 aliphatic carbocycles. The van der Waals surface area contributed by atoms with Crippen molar-refractivity contribution in [2.24, 2.45) is 0 Å². The third kappa shape index (κ3) is 4.60. The molecule has 1 heterocycles. The molecule has 0 saturated heterocycles. The molecule has 1 aromatic heterocycles. The van der Waals surface area contributed by atoms with E-state index in [1.165, 1.54) is 0 Å². The molecular weight excluding hydrogens is 286 g/mol. The molecule has 5 nitrogen and oxygen atoms in total. The van der Waals surface area contributed by atoms with Crippen LogP contribution in [-0.4, -0.2) is 24.0 Å². The van der Waals surface area contributed by atoms with Gasteiger partial charge < -0.3 is 0 Å². The lowest BCUT2D eigenvalue weighted by atomic mass is 10.0. The van der Waals surface area contributed by atoms with Crippen LogP contribution in [0.2, 0.25) is 0 Å². The molecular formula is C15H21N3O2S. The summed E-state index contributed by atoms with van der Waals surface area (Å²) in [5.74, 6) is -0.00919. The van der Waals surface area contributed by atoms with Gasteiger partial charge in [-0.15, -0.1) is 0 Å². The van der Waals surface area contributed by atoms with Crippen molar-refractivity contribution in [2.45, 2.75) is 32.7 Å². The maximum atomic E-state index is 12.2. The van der Waals surface area contributed by atoms with Crippen molar-refractivity contribution >= 4 is 15.7 Å². The van der Waals surface area contributed by atoms with Crippen LogP contribution in [0.1, 0.15) is 31.7 Å².